The number of para-hydroxylation sites is 1. The van der Waals surface area contributed by atoms with Gasteiger partial charge in [0.25, 0.3) is 5.91 Å². The van der Waals surface area contributed by atoms with Crippen molar-refractivity contribution in [2.24, 2.45) is 0 Å². The van der Waals surface area contributed by atoms with Crippen LogP contribution in [-0.4, -0.2) is 52.5 Å². The molecule has 0 unspecified atom stereocenters. The standard InChI is InChI=1S/C28H33ClN4O4/c1-28(2,3)37-27(35)32-14-12-20(13-15-32)25-22(18-31-33(25)24-11-6-5-10-23(24)29)26(34)30-17-19-8-7-9-21(16-19)36-4/h5-11,16,18,20H,12-15,17H2,1-4H3,(H,30,34). The van der Waals surface area contributed by atoms with Gasteiger partial charge in [0, 0.05) is 25.6 Å². The maximum Gasteiger partial charge on any atom is 0.410 e. The Morgan fingerprint density at radius 1 is 1.11 bits per heavy atom. The van der Waals surface area contributed by atoms with Gasteiger partial charge in [0.05, 0.1) is 35.3 Å². The molecule has 2 amide bonds. The molecule has 0 aliphatic carbocycles. The third kappa shape index (κ3) is 6.43. The van der Waals surface area contributed by atoms with Gasteiger partial charge in [-0.25, -0.2) is 9.48 Å². The molecule has 37 heavy (non-hydrogen) atoms. The topological polar surface area (TPSA) is 85.7 Å². The van der Waals surface area contributed by atoms with Crippen LogP contribution in [0.3, 0.4) is 0 Å². The third-order valence-corrected chi connectivity index (χ3v) is 6.57. The molecule has 1 aliphatic rings. The Labute approximate surface area is 222 Å². The maximum absolute atomic E-state index is 13.4. The monoisotopic (exact) mass is 524 g/mol. The second-order valence-corrected chi connectivity index (χ2v) is 10.5. The summed E-state index contributed by atoms with van der Waals surface area (Å²) in [4.78, 5) is 27.7. The number of nitrogens with zero attached hydrogens (tertiary/aromatic N) is 3. The number of amides is 2. The minimum Gasteiger partial charge on any atom is -0.497 e. The summed E-state index contributed by atoms with van der Waals surface area (Å²) in [6.45, 7) is 6.98. The maximum atomic E-state index is 13.4. The number of piperidine rings is 1. The van der Waals surface area contributed by atoms with Crippen LogP contribution in [0.2, 0.25) is 5.02 Å². The lowest BCUT2D eigenvalue weighted by Crippen LogP contribution is -2.41. The summed E-state index contributed by atoms with van der Waals surface area (Å²) in [5.74, 6) is 0.524. The molecular formula is C28H33ClN4O4. The molecule has 0 atom stereocenters. The average Bonchev–Trinajstić information content (AvgIpc) is 3.32. The van der Waals surface area contributed by atoms with Gasteiger partial charge in [-0.1, -0.05) is 35.9 Å². The van der Waals surface area contributed by atoms with Gasteiger partial charge in [0.15, 0.2) is 0 Å². The van der Waals surface area contributed by atoms with Gasteiger partial charge < -0.3 is 19.7 Å². The molecule has 1 fully saturated rings. The van der Waals surface area contributed by atoms with Crippen LogP contribution in [0.4, 0.5) is 4.79 Å². The third-order valence-electron chi connectivity index (χ3n) is 6.25. The van der Waals surface area contributed by atoms with E-state index in [4.69, 9.17) is 21.1 Å². The second kappa shape index (κ2) is 11.3. The van der Waals surface area contributed by atoms with Crippen molar-refractivity contribution in [3.05, 3.63) is 76.6 Å². The predicted octanol–water partition coefficient (Wildman–Crippen LogP) is 5.58. The number of halogens is 1. The number of benzene rings is 2. The minimum atomic E-state index is -0.551. The SMILES string of the molecule is COc1cccc(CNC(=O)c2cnn(-c3ccccc3Cl)c2C2CCN(C(=O)OC(C)(C)C)CC2)c1. The first-order valence-corrected chi connectivity index (χ1v) is 12.8. The lowest BCUT2D eigenvalue weighted by molar-refractivity contribution is 0.0203. The molecule has 2 aromatic carbocycles. The van der Waals surface area contributed by atoms with Crippen LogP contribution in [0, 0.1) is 0 Å². The van der Waals surface area contributed by atoms with Gasteiger partial charge in [-0.3, -0.25) is 4.79 Å². The Hall–Kier alpha value is -3.52. The normalized spacial score (nSPS) is 14.4. The van der Waals surface area contributed by atoms with Crippen molar-refractivity contribution in [2.45, 2.75) is 51.7 Å². The minimum absolute atomic E-state index is 0.00929. The van der Waals surface area contributed by atoms with Crippen LogP contribution in [0.5, 0.6) is 5.75 Å². The fraction of sp³-hybridized carbons (Fsp3) is 0.393. The van der Waals surface area contributed by atoms with Crippen molar-refractivity contribution in [1.82, 2.24) is 20.0 Å². The number of hydrogen-bond donors (Lipinski definition) is 1. The number of ether oxygens (including phenoxy) is 2. The summed E-state index contributed by atoms with van der Waals surface area (Å²) >= 11 is 6.51. The van der Waals surface area contributed by atoms with E-state index in [0.717, 1.165) is 17.0 Å². The van der Waals surface area contributed by atoms with Crippen LogP contribution in [-0.2, 0) is 11.3 Å². The molecule has 4 rings (SSSR count). The number of carbonyl (C=O) groups is 2. The molecule has 8 nitrogen and oxygen atoms in total. The molecule has 1 saturated heterocycles. The zero-order valence-electron chi connectivity index (χ0n) is 21.7. The summed E-state index contributed by atoms with van der Waals surface area (Å²) in [6, 6.07) is 15.0. The molecular weight excluding hydrogens is 492 g/mol. The number of methoxy groups -OCH3 is 1. The molecule has 196 valence electrons. The van der Waals surface area contributed by atoms with Crippen molar-refractivity contribution in [3.63, 3.8) is 0 Å². The van der Waals surface area contributed by atoms with Crippen LogP contribution in [0.15, 0.2) is 54.7 Å². The highest BCUT2D eigenvalue weighted by atomic mass is 35.5. The van der Waals surface area contributed by atoms with Crippen LogP contribution in [0.1, 0.15) is 61.1 Å². The molecule has 0 bridgehead atoms. The molecule has 1 N–H and O–H groups in total. The first-order valence-electron chi connectivity index (χ1n) is 12.4. The summed E-state index contributed by atoms with van der Waals surface area (Å²) in [7, 11) is 1.61. The lowest BCUT2D eigenvalue weighted by Gasteiger charge is -2.34. The van der Waals surface area contributed by atoms with Gasteiger partial charge in [-0.05, 0) is 63.4 Å². The molecule has 0 saturated carbocycles. The number of aromatic nitrogens is 2. The van der Waals surface area contributed by atoms with Gasteiger partial charge in [-0.2, -0.15) is 5.10 Å². The van der Waals surface area contributed by atoms with E-state index in [2.05, 4.69) is 10.4 Å². The molecule has 2 heterocycles. The van der Waals surface area contributed by atoms with E-state index in [1.165, 1.54) is 0 Å². The Morgan fingerprint density at radius 2 is 1.84 bits per heavy atom. The van der Waals surface area contributed by atoms with Gasteiger partial charge in [0.2, 0.25) is 0 Å². The van der Waals surface area contributed by atoms with E-state index in [9.17, 15) is 9.59 Å². The van der Waals surface area contributed by atoms with Crippen molar-refractivity contribution in [1.29, 1.82) is 0 Å². The van der Waals surface area contributed by atoms with E-state index in [0.29, 0.717) is 48.7 Å². The zero-order chi connectivity index (χ0) is 26.6. The van der Waals surface area contributed by atoms with E-state index in [1.807, 2.05) is 63.2 Å². The van der Waals surface area contributed by atoms with Gasteiger partial charge in [-0.15, -0.1) is 0 Å². The highest BCUT2D eigenvalue weighted by Gasteiger charge is 2.32. The van der Waals surface area contributed by atoms with Gasteiger partial charge in [0.1, 0.15) is 11.4 Å². The van der Waals surface area contributed by atoms with E-state index >= 15 is 0 Å². The highest BCUT2D eigenvalue weighted by molar-refractivity contribution is 6.32. The molecule has 1 aromatic heterocycles. The van der Waals surface area contributed by atoms with Crippen LogP contribution >= 0.6 is 11.6 Å². The second-order valence-electron chi connectivity index (χ2n) is 10.1. The largest absolute Gasteiger partial charge is 0.497 e. The predicted molar refractivity (Wildman–Crippen MR) is 143 cm³/mol. The number of nitrogens with one attached hydrogen (secondary N) is 1. The van der Waals surface area contributed by atoms with Gasteiger partial charge >= 0.3 is 6.09 Å². The van der Waals surface area contributed by atoms with E-state index in [1.54, 1.807) is 29.0 Å². The first-order chi connectivity index (χ1) is 17.7. The zero-order valence-corrected chi connectivity index (χ0v) is 22.4. The Kier molecular flexibility index (Phi) is 8.07. The number of likely N-dealkylation sites (tertiary alicyclic amines) is 1. The van der Waals surface area contributed by atoms with Crippen LogP contribution < -0.4 is 10.1 Å². The molecule has 3 aromatic rings. The molecule has 9 heteroatoms. The average molecular weight is 525 g/mol. The summed E-state index contributed by atoms with van der Waals surface area (Å²) in [5.41, 5.74) is 2.38. The number of carbonyl (C=O) groups excluding carboxylic acids is 2. The van der Waals surface area contributed by atoms with Crippen molar-refractivity contribution >= 4 is 23.6 Å². The summed E-state index contributed by atoms with van der Waals surface area (Å²) < 4.78 is 12.6. The Morgan fingerprint density at radius 3 is 2.51 bits per heavy atom. The summed E-state index contributed by atoms with van der Waals surface area (Å²) in [6.07, 6.45) is 2.62. The Bertz CT molecular complexity index is 1260. The first kappa shape index (κ1) is 26.5. The Balaban J connectivity index is 1.57. The van der Waals surface area contributed by atoms with Crippen molar-refractivity contribution in [3.8, 4) is 11.4 Å². The fourth-order valence-electron chi connectivity index (χ4n) is 4.46. The number of hydrogen-bond acceptors (Lipinski definition) is 5. The van der Waals surface area contributed by atoms with E-state index in [-0.39, 0.29) is 17.9 Å². The van der Waals surface area contributed by atoms with Crippen molar-refractivity contribution < 1.29 is 19.1 Å². The quantitative estimate of drug-likeness (QED) is 0.455. The number of rotatable bonds is 6. The van der Waals surface area contributed by atoms with E-state index < -0.39 is 5.60 Å². The highest BCUT2D eigenvalue weighted by Crippen LogP contribution is 2.34. The molecule has 0 spiro atoms. The van der Waals surface area contributed by atoms with Crippen molar-refractivity contribution in [2.75, 3.05) is 20.2 Å². The lowest BCUT2D eigenvalue weighted by atomic mass is 9.90. The molecule has 0 radical (unpaired) electrons. The molecule has 1 aliphatic heterocycles. The van der Waals surface area contributed by atoms with Crippen LogP contribution in [0.25, 0.3) is 5.69 Å². The summed E-state index contributed by atoms with van der Waals surface area (Å²) in [5, 5.41) is 8.13. The smallest absolute Gasteiger partial charge is 0.410 e. The fourth-order valence-corrected chi connectivity index (χ4v) is 4.68.